The smallest absolute Gasteiger partial charge is 0.360 e. The first-order valence-electron chi connectivity index (χ1n) is 6.70. The van der Waals surface area contributed by atoms with Crippen LogP contribution >= 0.6 is 0 Å². The van der Waals surface area contributed by atoms with Crippen LogP contribution in [0.1, 0.15) is 22.6 Å². The number of nitrogens with one attached hydrogen (secondary N) is 1. The molecule has 9 heteroatoms. The second kappa shape index (κ2) is 6.67. The highest BCUT2D eigenvalue weighted by Crippen LogP contribution is 2.29. The van der Waals surface area contributed by atoms with Crippen molar-refractivity contribution < 1.29 is 26.1 Å². The first-order chi connectivity index (χ1) is 11.1. The van der Waals surface area contributed by atoms with E-state index in [1.807, 2.05) is 0 Å². The van der Waals surface area contributed by atoms with Crippen LogP contribution in [0.4, 0.5) is 13.2 Å². The molecule has 0 aliphatic carbocycles. The number of aryl methyl sites for hydroxylation is 2. The zero-order chi connectivity index (χ0) is 18.0. The molecule has 0 aliphatic rings. The fourth-order valence-electron chi connectivity index (χ4n) is 1.98. The van der Waals surface area contributed by atoms with Crippen molar-refractivity contribution in [1.82, 2.24) is 9.88 Å². The van der Waals surface area contributed by atoms with E-state index < -0.39 is 21.8 Å². The minimum Gasteiger partial charge on any atom is -0.360 e. The summed E-state index contributed by atoms with van der Waals surface area (Å²) in [5.41, 5.74) is -0.460. The Labute approximate surface area is 136 Å². The molecule has 24 heavy (non-hydrogen) atoms. The fraction of sp³-hybridized carbons (Fsp3) is 0.267. The van der Waals surface area contributed by atoms with Gasteiger partial charge in [0.2, 0.25) is 10.0 Å². The molecular formula is C15H13F3N2O3S. The quantitative estimate of drug-likeness (QED) is 0.857. The van der Waals surface area contributed by atoms with Gasteiger partial charge in [0.1, 0.15) is 10.6 Å². The number of sulfonamides is 1. The standard InChI is InChI=1S/C15H13F3N2O3S/c1-10-14(11(2)23-20-10)24(21,22)19-8-4-6-12-5-3-7-13(9-12)15(16,17)18/h3,5,7,9,19H,8H2,1-2H3. The van der Waals surface area contributed by atoms with E-state index in [4.69, 9.17) is 4.52 Å². The Bertz CT molecular complexity index is 887. The van der Waals surface area contributed by atoms with Gasteiger partial charge < -0.3 is 4.52 Å². The molecule has 2 aromatic rings. The number of halogens is 3. The SMILES string of the molecule is Cc1noc(C)c1S(=O)(=O)NCC#Cc1cccc(C(F)(F)F)c1. The Morgan fingerprint density at radius 2 is 2.00 bits per heavy atom. The highest BCUT2D eigenvalue weighted by Gasteiger charge is 2.30. The van der Waals surface area contributed by atoms with Crippen molar-refractivity contribution in [3.63, 3.8) is 0 Å². The number of alkyl halides is 3. The molecular weight excluding hydrogens is 345 g/mol. The van der Waals surface area contributed by atoms with Gasteiger partial charge in [0, 0.05) is 5.56 Å². The van der Waals surface area contributed by atoms with Gasteiger partial charge in [0.25, 0.3) is 0 Å². The molecule has 1 aromatic carbocycles. The van der Waals surface area contributed by atoms with Crippen LogP contribution in [0, 0.1) is 25.7 Å². The molecule has 1 aromatic heterocycles. The van der Waals surface area contributed by atoms with E-state index in [1.54, 1.807) is 0 Å². The van der Waals surface area contributed by atoms with Crippen molar-refractivity contribution in [2.75, 3.05) is 6.54 Å². The molecule has 0 atom stereocenters. The summed E-state index contributed by atoms with van der Waals surface area (Å²) >= 11 is 0. The summed E-state index contributed by atoms with van der Waals surface area (Å²) in [5, 5.41) is 3.55. The van der Waals surface area contributed by atoms with Gasteiger partial charge in [-0.25, -0.2) is 8.42 Å². The highest BCUT2D eigenvalue weighted by atomic mass is 32.2. The van der Waals surface area contributed by atoms with Crippen LogP contribution in [0.2, 0.25) is 0 Å². The zero-order valence-electron chi connectivity index (χ0n) is 12.7. The Hall–Kier alpha value is -2.31. The summed E-state index contributed by atoms with van der Waals surface area (Å²) in [6.07, 6.45) is -4.46. The van der Waals surface area contributed by atoms with Crippen LogP contribution in [0.25, 0.3) is 0 Å². The van der Waals surface area contributed by atoms with Crippen molar-refractivity contribution in [2.24, 2.45) is 0 Å². The summed E-state index contributed by atoms with van der Waals surface area (Å²) in [6.45, 7) is 2.69. The number of hydrogen-bond acceptors (Lipinski definition) is 4. The molecule has 0 radical (unpaired) electrons. The predicted molar refractivity (Wildman–Crippen MR) is 79.5 cm³/mol. The third kappa shape index (κ3) is 4.15. The van der Waals surface area contributed by atoms with Gasteiger partial charge in [-0.05, 0) is 32.0 Å². The van der Waals surface area contributed by atoms with Crippen LogP contribution in [0.5, 0.6) is 0 Å². The lowest BCUT2D eigenvalue weighted by Gasteiger charge is -2.05. The maximum atomic E-state index is 12.6. The first-order valence-corrected chi connectivity index (χ1v) is 8.18. The largest absolute Gasteiger partial charge is 0.416 e. The van der Waals surface area contributed by atoms with Gasteiger partial charge in [0.15, 0.2) is 5.76 Å². The Kier molecular flexibility index (Phi) is 5.01. The number of hydrogen-bond donors (Lipinski definition) is 1. The summed E-state index contributed by atoms with van der Waals surface area (Å²) in [6, 6.07) is 4.48. The summed E-state index contributed by atoms with van der Waals surface area (Å²) in [5.74, 6) is 5.11. The van der Waals surface area contributed by atoms with Crippen molar-refractivity contribution in [3.8, 4) is 11.8 Å². The molecule has 5 nitrogen and oxygen atoms in total. The van der Waals surface area contributed by atoms with Crippen LogP contribution < -0.4 is 4.72 Å². The molecule has 0 saturated carbocycles. The molecule has 0 fully saturated rings. The third-order valence-corrected chi connectivity index (χ3v) is 4.65. The zero-order valence-corrected chi connectivity index (χ0v) is 13.5. The molecule has 0 spiro atoms. The summed E-state index contributed by atoms with van der Waals surface area (Å²) in [4.78, 5) is -0.0663. The average Bonchev–Trinajstić information content (AvgIpc) is 2.83. The van der Waals surface area contributed by atoms with E-state index >= 15 is 0 Å². The van der Waals surface area contributed by atoms with E-state index in [1.165, 1.54) is 26.0 Å². The Morgan fingerprint density at radius 1 is 1.29 bits per heavy atom. The number of aromatic nitrogens is 1. The van der Waals surface area contributed by atoms with Crippen LogP contribution in [0.3, 0.4) is 0 Å². The molecule has 0 saturated heterocycles. The van der Waals surface area contributed by atoms with Gasteiger partial charge >= 0.3 is 6.18 Å². The van der Waals surface area contributed by atoms with Gasteiger partial charge in [-0.2, -0.15) is 17.9 Å². The normalized spacial score (nSPS) is 11.9. The minimum atomic E-state index is -4.46. The molecule has 1 N–H and O–H groups in total. The van der Waals surface area contributed by atoms with Crippen LogP contribution in [0.15, 0.2) is 33.7 Å². The summed E-state index contributed by atoms with van der Waals surface area (Å²) in [7, 11) is -3.85. The van der Waals surface area contributed by atoms with Crippen molar-refractivity contribution in [3.05, 3.63) is 46.8 Å². The maximum absolute atomic E-state index is 12.6. The monoisotopic (exact) mass is 358 g/mol. The molecule has 2 rings (SSSR count). The van der Waals surface area contributed by atoms with E-state index in [0.29, 0.717) is 0 Å². The number of rotatable bonds is 3. The van der Waals surface area contributed by atoms with Crippen LogP contribution in [-0.4, -0.2) is 20.1 Å². The average molecular weight is 358 g/mol. The molecule has 0 amide bonds. The molecule has 0 bridgehead atoms. The van der Waals surface area contributed by atoms with Crippen molar-refractivity contribution in [2.45, 2.75) is 24.9 Å². The molecule has 0 aliphatic heterocycles. The van der Waals surface area contributed by atoms with E-state index in [9.17, 15) is 21.6 Å². The maximum Gasteiger partial charge on any atom is 0.416 e. The van der Waals surface area contributed by atoms with Gasteiger partial charge in [0.05, 0.1) is 12.1 Å². The molecule has 1 heterocycles. The molecule has 0 unspecified atom stereocenters. The van der Waals surface area contributed by atoms with Crippen LogP contribution in [-0.2, 0) is 16.2 Å². The summed E-state index contributed by atoms with van der Waals surface area (Å²) < 4.78 is 69.0. The Morgan fingerprint density at radius 3 is 2.58 bits per heavy atom. The van der Waals surface area contributed by atoms with Crippen molar-refractivity contribution >= 4 is 10.0 Å². The second-order valence-corrected chi connectivity index (χ2v) is 6.56. The highest BCUT2D eigenvalue weighted by molar-refractivity contribution is 7.89. The topological polar surface area (TPSA) is 72.2 Å². The van der Waals surface area contributed by atoms with Gasteiger partial charge in [-0.15, -0.1) is 0 Å². The number of benzene rings is 1. The minimum absolute atomic E-state index is 0.0663. The van der Waals surface area contributed by atoms with E-state index in [0.717, 1.165) is 12.1 Å². The lowest BCUT2D eigenvalue weighted by Crippen LogP contribution is -2.24. The second-order valence-electron chi connectivity index (χ2n) is 4.86. The van der Waals surface area contributed by atoms with Gasteiger partial charge in [-0.1, -0.05) is 23.1 Å². The number of nitrogens with zero attached hydrogens (tertiary/aromatic N) is 1. The molecule has 128 valence electrons. The Balaban J connectivity index is 2.10. The lowest BCUT2D eigenvalue weighted by atomic mass is 10.1. The first kappa shape index (κ1) is 18.0. The van der Waals surface area contributed by atoms with Crippen molar-refractivity contribution in [1.29, 1.82) is 0 Å². The predicted octanol–water partition coefficient (Wildman–Crippen LogP) is 2.64. The van der Waals surface area contributed by atoms with E-state index in [-0.39, 0.29) is 28.5 Å². The fourth-order valence-corrected chi connectivity index (χ4v) is 3.23. The van der Waals surface area contributed by atoms with E-state index in [2.05, 4.69) is 21.7 Å². The van der Waals surface area contributed by atoms with Gasteiger partial charge in [-0.3, -0.25) is 0 Å². The third-order valence-electron chi connectivity index (χ3n) is 3.01. The lowest BCUT2D eigenvalue weighted by molar-refractivity contribution is -0.137.